The number of hydrogen-bond donors (Lipinski definition) is 1. The van der Waals surface area contributed by atoms with Crippen molar-refractivity contribution in [3.05, 3.63) is 29.8 Å². The van der Waals surface area contributed by atoms with Crippen molar-refractivity contribution >= 4 is 17.5 Å². The molecule has 0 bridgehead atoms. The summed E-state index contributed by atoms with van der Waals surface area (Å²) in [7, 11) is 0. The number of benzene rings is 1. The number of likely N-dealkylation sites (tertiary alicyclic amines) is 1. The number of amides is 2. The Labute approximate surface area is 125 Å². The lowest BCUT2D eigenvalue weighted by atomic mass is 10.0. The van der Waals surface area contributed by atoms with Crippen molar-refractivity contribution in [1.82, 2.24) is 4.90 Å². The first kappa shape index (κ1) is 14.1. The molecule has 1 atom stereocenters. The lowest BCUT2D eigenvalue weighted by Crippen LogP contribution is -2.29. The first-order chi connectivity index (χ1) is 10.0. The van der Waals surface area contributed by atoms with Crippen LogP contribution in [-0.4, -0.2) is 29.3 Å². The van der Waals surface area contributed by atoms with Gasteiger partial charge in [-0.05, 0) is 36.5 Å². The van der Waals surface area contributed by atoms with Gasteiger partial charge in [0.1, 0.15) is 0 Å². The SMILES string of the molecule is CC(C)c1cccc(NC(=O)C2CC(=O)N(C3CC3)C2)c1. The minimum absolute atomic E-state index is 0.0348. The van der Waals surface area contributed by atoms with Crippen LogP contribution in [-0.2, 0) is 9.59 Å². The molecule has 21 heavy (non-hydrogen) atoms. The number of rotatable bonds is 4. The normalized spacial score (nSPS) is 22.0. The fourth-order valence-electron chi connectivity index (χ4n) is 2.87. The molecule has 2 aliphatic rings. The fourth-order valence-corrected chi connectivity index (χ4v) is 2.87. The molecule has 2 fully saturated rings. The van der Waals surface area contributed by atoms with E-state index in [1.54, 1.807) is 0 Å². The summed E-state index contributed by atoms with van der Waals surface area (Å²) < 4.78 is 0. The Balaban J connectivity index is 1.64. The van der Waals surface area contributed by atoms with Crippen molar-refractivity contribution < 1.29 is 9.59 Å². The number of nitrogens with one attached hydrogen (secondary N) is 1. The van der Waals surface area contributed by atoms with E-state index in [1.165, 1.54) is 5.56 Å². The summed E-state index contributed by atoms with van der Waals surface area (Å²) in [6.07, 6.45) is 2.54. The summed E-state index contributed by atoms with van der Waals surface area (Å²) >= 11 is 0. The van der Waals surface area contributed by atoms with Gasteiger partial charge in [0.2, 0.25) is 11.8 Å². The van der Waals surface area contributed by atoms with Crippen molar-refractivity contribution in [2.45, 2.75) is 45.1 Å². The van der Waals surface area contributed by atoms with Gasteiger partial charge in [0.15, 0.2) is 0 Å². The van der Waals surface area contributed by atoms with E-state index in [9.17, 15) is 9.59 Å². The molecule has 1 aliphatic heterocycles. The lowest BCUT2D eigenvalue weighted by molar-refractivity contribution is -0.128. The average Bonchev–Trinajstić information content (AvgIpc) is 3.22. The zero-order valence-electron chi connectivity index (χ0n) is 12.6. The number of nitrogens with zero attached hydrogens (tertiary/aromatic N) is 1. The predicted molar refractivity (Wildman–Crippen MR) is 82.0 cm³/mol. The highest BCUT2D eigenvalue weighted by Crippen LogP contribution is 2.33. The third-order valence-corrected chi connectivity index (χ3v) is 4.34. The smallest absolute Gasteiger partial charge is 0.229 e. The van der Waals surface area contributed by atoms with E-state index in [2.05, 4.69) is 25.2 Å². The first-order valence-corrected chi connectivity index (χ1v) is 7.75. The number of carbonyl (C=O) groups excluding carboxylic acids is 2. The molecule has 1 aromatic carbocycles. The number of anilines is 1. The van der Waals surface area contributed by atoms with Crippen LogP contribution >= 0.6 is 0 Å². The van der Waals surface area contributed by atoms with Crippen LogP contribution in [0.5, 0.6) is 0 Å². The summed E-state index contributed by atoms with van der Waals surface area (Å²) in [5.41, 5.74) is 2.03. The van der Waals surface area contributed by atoms with Gasteiger partial charge in [0, 0.05) is 24.7 Å². The predicted octanol–water partition coefficient (Wildman–Crippen LogP) is 2.76. The second-order valence-electron chi connectivity index (χ2n) is 6.45. The highest BCUT2D eigenvalue weighted by molar-refractivity contribution is 5.97. The molecule has 1 aromatic rings. The van der Waals surface area contributed by atoms with Crippen molar-refractivity contribution in [2.24, 2.45) is 5.92 Å². The zero-order chi connectivity index (χ0) is 15.0. The summed E-state index contributed by atoms with van der Waals surface area (Å²) in [5, 5.41) is 2.96. The van der Waals surface area contributed by atoms with Gasteiger partial charge in [-0.25, -0.2) is 0 Å². The Morgan fingerprint density at radius 1 is 1.33 bits per heavy atom. The van der Waals surface area contributed by atoms with Crippen LogP contribution < -0.4 is 5.32 Å². The Morgan fingerprint density at radius 2 is 2.10 bits per heavy atom. The van der Waals surface area contributed by atoms with Gasteiger partial charge >= 0.3 is 0 Å². The van der Waals surface area contributed by atoms with Gasteiger partial charge in [-0.1, -0.05) is 26.0 Å². The molecule has 112 valence electrons. The van der Waals surface area contributed by atoms with Gasteiger partial charge in [-0.3, -0.25) is 9.59 Å². The molecule has 3 rings (SSSR count). The molecule has 1 unspecified atom stereocenters. The summed E-state index contributed by atoms with van der Waals surface area (Å²) in [6, 6.07) is 8.34. The van der Waals surface area contributed by atoms with Crippen molar-refractivity contribution in [3.63, 3.8) is 0 Å². The fraction of sp³-hybridized carbons (Fsp3) is 0.529. The van der Waals surface area contributed by atoms with Crippen molar-refractivity contribution in [1.29, 1.82) is 0 Å². The highest BCUT2D eigenvalue weighted by atomic mass is 16.2. The van der Waals surface area contributed by atoms with Crippen LogP contribution in [0.1, 0.15) is 44.6 Å². The Kier molecular flexibility index (Phi) is 3.70. The van der Waals surface area contributed by atoms with Gasteiger partial charge in [-0.2, -0.15) is 0 Å². The second kappa shape index (κ2) is 5.51. The maximum Gasteiger partial charge on any atom is 0.229 e. The largest absolute Gasteiger partial charge is 0.339 e. The molecule has 0 aromatic heterocycles. The number of hydrogen-bond acceptors (Lipinski definition) is 2. The van der Waals surface area contributed by atoms with Crippen molar-refractivity contribution in [2.75, 3.05) is 11.9 Å². The van der Waals surface area contributed by atoms with Crippen LogP contribution in [0, 0.1) is 5.92 Å². The van der Waals surface area contributed by atoms with E-state index in [-0.39, 0.29) is 17.7 Å². The summed E-state index contributed by atoms with van der Waals surface area (Å²) in [6.45, 7) is 4.84. The molecule has 0 radical (unpaired) electrons. The molecule has 1 heterocycles. The zero-order valence-corrected chi connectivity index (χ0v) is 12.6. The summed E-state index contributed by atoms with van der Waals surface area (Å²) in [5.74, 6) is 0.321. The quantitative estimate of drug-likeness (QED) is 0.925. The average molecular weight is 286 g/mol. The molecule has 2 amide bonds. The van der Waals surface area contributed by atoms with Crippen LogP contribution in [0.2, 0.25) is 0 Å². The standard InChI is InChI=1S/C17H22N2O2/c1-11(2)12-4-3-5-14(8-12)18-17(21)13-9-16(20)19(10-13)15-6-7-15/h3-5,8,11,13,15H,6-7,9-10H2,1-2H3,(H,18,21). The van der Waals surface area contributed by atoms with Crippen LogP contribution in [0.15, 0.2) is 24.3 Å². The molecule has 1 N–H and O–H groups in total. The Bertz CT molecular complexity index is 564. The van der Waals surface area contributed by atoms with E-state index in [0.29, 0.717) is 24.9 Å². The third kappa shape index (κ3) is 3.09. The minimum atomic E-state index is -0.208. The first-order valence-electron chi connectivity index (χ1n) is 7.75. The third-order valence-electron chi connectivity index (χ3n) is 4.34. The van der Waals surface area contributed by atoms with E-state index in [0.717, 1.165) is 18.5 Å². The van der Waals surface area contributed by atoms with E-state index < -0.39 is 0 Å². The van der Waals surface area contributed by atoms with E-state index in [4.69, 9.17) is 0 Å². The molecule has 4 heteroatoms. The molecule has 0 spiro atoms. The van der Waals surface area contributed by atoms with Crippen molar-refractivity contribution in [3.8, 4) is 0 Å². The topological polar surface area (TPSA) is 49.4 Å². The Hall–Kier alpha value is -1.84. The molecular weight excluding hydrogens is 264 g/mol. The highest BCUT2D eigenvalue weighted by Gasteiger charge is 2.41. The lowest BCUT2D eigenvalue weighted by Gasteiger charge is -2.15. The molecular formula is C17H22N2O2. The maximum atomic E-state index is 12.3. The number of carbonyl (C=O) groups is 2. The van der Waals surface area contributed by atoms with E-state index in [1.807, 2.05) is 23.1 Å². The van der Waals surface area contributed by atoms with Gasteiger partial charge in [-0.15, -0.1) is 0 Å². The summed E-state index contributed by atoms with van der Waals surface area (Å²) in [4.78, 5) is 26.1. The van der Waals surface area contributed by atoms with Gasteiger partial charge in [0.05, 0.1) is 5.92 Å². The van der Waals surface area contributed by atoms with Gasteiger partial charge in [0.25, 0.3) is 0 Å². The minimum Gasteiger partial charge on any atom is -0.339 e. The molecule has 1 saturated heterocycles. The Morgan fingerprint density at radius 3 is 2.76 bits per heavy atom. The second-order valence-corrected chi connectivity index (χ2v) is 6.45. The monoisotopic (exact) mass is 286 g/mol. The molecule has 4 nitrogen and oxygen atoms in total. The van der Waals surface area contributed by atoms with Crippen LogP contribution in [0.3, 0.4) is 0 Å². The van der Waals surface area contributed by atoms with Crippen LogP contribution in [0.25, 0.3) is 0 Å². The molecule has 1 aliphatic carbocycles. The molecule has 1 saturated carbocycles. The van der Waals surface area contributed by atoms with E-state index >= 15 is 0 Å². The van der Waals surface area contributed by atoms with Gasteiger partial charge < -0.3 is 10.2 Å². The van der Waals surface area contributed by atoms with Crippen LogP contribution in [0.4, 0.5) is 5.69 Å². The maximum absolute atomic E-state index is 12.3.